The van der Waals surface area contributed by atoms with Crippen molar-refractivity contribution in [2.75, 3.05) is 0 Å². The van der Waals surface area contributed by atoms with Crippen LogP contribution in [0.25, 0.3) is 0 Å². The summed E-state index contributed by atoms with van der Waals surface area (Å²) in [4.78, 5) is 11.1. The maximum absolute atomic E-state index is 12.3. The zero-order valence-corrected chi connectivity index (χ0v) is 11.6. The molecule has 118 valence electrons. The van der Waals surface area contributed by atoms with Crippen molar-refractivity contribution in [3.8, 4) is 11.5 Å². The van der Waals surface area contributed by atoms with E-state index in [0.717, 1.165) is 6.07 Å². The van der Waals surface area contributed by atoms with Crippen LogP contribution in [0.15, 0.2) is 18.2 Å². The maximum atomic E-state index is 12.3. The number of halogens is 4. The van der Waals surface area contributed by atoms with Gasteiger partial charge in [-0.25, -0.2) is 0 Å². The van der Waals surface area contributed by atoms with E-state index in [1.165, 1.54) is 19.1 Å². The molecule has 4 nitrogen and oxygen atoms in total. The highest BCUT2D eigenvalue weighted by molar-refractivity contribution is 5.74. The monoisotopic (exact) mass is 309 g/mol. The fourth-order valence-electron chi connectivity index (χ4n) is 1.79. The first-order valence-corrected chi connectivity index (χ1v) is 5.94. The average Bonchev–Trinajstić information content (AvgIpc) is 2.24. The molecule has 0 saturated carbocycles. The topological polar surface area (TPSA) is 47.6 Å². The Hall–Kier alpha value is -1.99. The minimum Gasteiger partial charge on any atom is -0.435 e. The number of alkyl halides is 4. The molecule has 0 bridgehead atoms. The third-order valence-electron chi connectivity index (χ3n) is 2.54. The smallest absolute Gasteiger partial charge is 0.387 e. The molecule has 0 aromatic heterocycles. The Balaban J connectivity index is 3.19. The summed E-state index contributed by atoms with van der Waals surface area (Å²) in [7, 11) is 0. The first-order valence-electron chi connectivity index (χ1n) is 5.94. The molecule has 0 saturated heterocycles. The number of rotatable bonds is 6. The summed E-state index contributed by atoms with van der Waals surface area (Å²) < 4.78 is 57.5. The zero-order valence-electron chi connectivity index (χ0n) is 11.6. The van der Waals surface area contributed by atoms with Gasteiger partial charge in [-0.2, -0.15) is 17.6 Å². The van der Waals surface area contributed by atoms with E-state index in [4.69, 9.17) is 0 Å². The average molecular weight is 309 g/mol. The molecule has 0 atom stereocenters. The van der Waals surface area contributed by atoms with E-state index in [1.54, 1.807) is 13.8 Å². The summed E-state index contributed by atoms with van der Waals surface area (Å²) >= 11 is 0. The summed E-state index contributed by atoms with van der Waals surface area (Å²) in [5, 5.41) is 2.57. The Bertz CT molecular complexity index is 478. The predicted octanol–water partition coefficient (Wildman–Crippen LogP) is 3.26. The van der Waals surface area contributed by atoms with Gasteiger partial charge in [-0.3, -0.25) is 4.79 Å². The van der Waals surface area contributed by atoms with Crippen molar-refractivity contribution >= 4 is 5.91 Å². The Morgan fingerprint density at radius 3 is 1.81 bits per heavy atom. The highest BCUT2D eigenvalue weighted by Crippen LogP contribution is 2.31. The van der Waals surface area contributed by atoms with Crippen LogP contribution in [0.5, 0.6) is 11.5 Å². The Kier molecular flexibility index (Phi) is 5.40. The number of hydrogen-bond acceptors (Lipinski definition) is 3. The highest BCUT2D eigenvalue weighted by atomic mass is 19.3. The summed E-state index contributed by atoms with van der Waals surface area (Å²) in [6.45, 7) is -1.77. The first kappa shape index (κ1) is 17.1. The van der Waals surface area contributed by atoms with Crippen molar-refractivity contribution in [2.45, 2.75) is 39.5 Å². The van der Waals surface area contributed by atoms with Gasteiger partial charge in [0.25, 0.3) is 0 Å². The second-order valence-electron chi connectivity index (χ2n) is 4.76. The Morgan fingerprint density at radius 1 is 1.05 bits per heavy atom. The minimum atomic E-state index is -3.11. The lowest BCUT2D eigenvalue weighted by atomic mass is 9.93. The van der Waals surface area contributed by atoms with Gasteiger partial charge in [-0.05, 0) is 31.5 Å². The third kappa shape index (κ3) is 5.49. The van der Waals surface area contributed by atoms with Crippen LogP contribution in [-0.4, -0.2) is 19.1 Å². The molecule has 8 heteroatoms. The highest BCUT2D eigenvalue weighted by Gasteiger charge is 2.24. The lowest BCUT2D eigenvalue weighted by molar-refractivity contribution is -0.120. The third-order valence-corrected chi connectivity index (χ3v) is 2.54. The van der Waals surface area contributed by atoms with Gasteiger partial charge < -0.3 is 14.8 Å². The largest absolute Gasteiger partial charge is 0.435 e. The molecule has 1 rings (SSSR count). The summed E-state index contributed by atoms with van der Waals surface area (Å²) in [6, 6.07) is 3.37. The van der Waals surface area contributed by atoms with Crippen molar-refractivity contribution in [1.29, 1.82) is 0 Å². The molecule has 1 aromatic rings. The molecule has 0 aliphatic heterocycles. The molecular formula is C13H15F4NO3. The number of hydrogen-bond donors (Lipinski definition) is 1. The standard InChI is InChI=1S/C13H15F4NO3/c1-7(19)18-13(2,3)8-4-9(20-11(14)15)6-10(5-8)21-12(16)17/h4-6,11-12H,1-3H3,(H,18,19). The molecule has 1 aromatic carbocycles. The van der Waals surface area contributed by atoms with E-state index in [0.29, 0.717) is 0 Å². The summed E-state index contributed by atoms with van der Waals surface area (Å²) in [6.07, 6.45) is 0. The number of benzene rings is 1. The van der Waals surface area contributed by atoms with Gasteiger partial charge in [-0.15, -0.1) is 0 Å². The molecule has 0 radical (unpaired) electrons. The lowest BCUT2D eigenvalue weighted by Gasteiger charge is -2.27. The zero-order chi connectivity index (χ0) is 16.2. The van der Waals surface area contributed by atoms with E-state index in [-0.39, 0.29) is 23.0 Å². The van der Waals surface area contributed by atoms with Crippen LogP contribution >= 0.6 is 0 Å². The van der Waals surface area contributed by atoms with Crippen LogP contribution < -0.4 is 14.8 Å². The predicted molar refractivity (Wildman–Crippen MR) is 66.5 cm³/mol. The van der Waals surface area contributed by atoms with Gasteiger partial charge in [0.2, 0.25) is 5.91 Å². The number of carbonyl (C=O) groups excluding carboxylic acids is 1. The lowest BCUT2D eigenvalue weighted by Crippen LogP contribution is -2.39. The van der Waals surface area contributed by atoms with E-state index < -0.39 is 18.8 Å². The SMILES string of the molecule is CC(=O)NC(C)(C)c1cc(OC(F)F)cc(OC(F)F)c1. The molecule has 0 fully saturated rings. The molecule has 0 heterocycles. The summed E-state index contributed by atoms with van der Waals surface area (Å²) in [5.41, 5.74) is -0.695. The van der Waals surface area contributed by atoms with Crippen LogP contribution in [-0.2, 0) is 10.3 Å². The van der Waals surface area contributed by atoms with Crippen LogP contribution in [0.3, 0.4) is 0 Å². The van der Waals surface area contributed by atoms with Crippen LogP contribution in [0.4, 0.5) is 17.6 Å². The molecule has 21 heavy (non-hydrogen) atoms. The Morgan fingerprint density at radius 2 is 1.48 bits per heavy atom. The molecule has 0 aliphatic carbocycles. The normalized spacial score (nSPS) is 11.7. The number of ether oxygens (including phenoxy) is 2. The fraction of sp³-hybridized carbons (Fsp3) is 0.462. The van der Waals surface area contributed by atoms with Crippen LogP contribution in [0.2, 0.25) is 0 Å². The van der Waals surface area contributed by atoms with Crippen molar-refractivity contribution in [3.63, 3.8) is 0 Å². The van der Waals surface area contributed by atoms with Gasteiger partial charge in [0.15, 0.2) is 0 Å². The van der Waals surface area contributed by atoms with Crippen LogP contribution in [0, 0.1) is 0 Å². The molecule has 0 unspecified atom stereocenters. The van der Waals surface area contributed by atoms with Gasteiger partial charge in [0, 0.05) is 13.0 Å². The fourth-order valence-corrected chi connectivity index (χ4v) is 1.79. The summed E-state index contributed by atoms with van der Waals surface area (Å²) in [5.74, 6) is -1.04. The molecular weight excluding hydrogens is 294 g/mol. The van der Waals surface area contributed by atoms with Crippen molar-refractivity contribution in [3.05, 3.63) is 23.8 Å². The van der Waals surface area contributed by atoms with E-state index in [9.17, 15) is 22.4 Å². The molecule has 1 N–H and O–H groups in total. The molecule has 1 amide bonds. The first-order chi connectivity index (χ1) is 9.60. The van der Waals surface area contributed by atoms with Gasteiger partial charge in [0.05, 0.1) is 5.54 Å². The van der Waals surface area contributed by atoms with Gasteiger partial charge >= 0.3 is 13.2 Å². The Labute approximate surface area is 119 Å². The second-order valence-corrected chi connectivity index (χ2v) is 4.76. The van der Waals surface area contributed by atoms with E-state index in [2.05, 4.69) is 14.8 Å². The number of carbonyl (C=O) groups is 1. The second kappa shape index (κ2) is 6.64. The molecule has 0 spiro atoms. The van der Waals surface area contributed by atoms with Crippen LogP contribution in [0.1, 0.15) is 26.3 Å². The van der Waals surface area contributed by atoms with E-state index in [1.807, 2.05) is 0 Å². The van der Waals surface area contributed by atoms with Gasteiger partial charge in [-0.1, -0.05) is 0 Å². The molecule has 0 aliphatic rings. The van der Waals surface area contributed by atoms with Gasteiger partial charge in [0.1, 0.15) is 11.5 Å². The number of nitrogens with one attached hydrogen (secondary N) is 1. The van der Waals surface area contributed by atoms with Crippen molar-refractivity contribution in [2.24, 2.45) is 0 Å². The minimum absolute atomic E-state index is 0.284. The number of amides is 1. The van der Waals surface area contributed by atoms with Crippen molar-refractivity contribution in [1.82, 2.24) is 5.32 Å². The van der Waals surface area contributed by atoms with E-state index >= 15 is 0 Å². The van der Waals surface area contributed by atoms with Crippen molar-refractivity contribution < 1.29 is 31.8 Å². The maximum Gasteiger partial charge on any atom is 0.387 e. The quantitative estimate of drug-likeness (QED) is 0.821.